The lowest BCUT2D eigenvalue weighted by Gasteiger charge is -2.34. The molecule has 1 N–H and O–H groups in total. The molecule has 7 heteroatoms. The maximum absolute atomic E-state index is 12.4. The summed E-state index contributed by atoms with van der Waals surface area (Å²) >= 11 is 0. The third-order valence-electron chi connectivity index (χ3n) is 4.55. The van der Waals surface area contributed by atoms with Crippen molar-refractivity contribution < 1.29 is 19.1 Å². The zero-order valence-corrected chi connectivity index (χ0v) is 13.6. The Balaban J connectivity index is 1.80. The summed E-state index contributed by atoms with van der Waals surface area (Å²) in [5.41, 5.74) is 0. The molecule has 2 saturated heterocycles. The molecule has 0 aliphatic carbocycles. The zero-order valence-electron chi connectivity index (χ0n) is 13.6. The van der Waals surface area contributed by atoms with Crippen LogP contribution in [-0.2, 0) is 14.3 Å². The highest BCUT2D eigenvalue weighted by molar-refractivity contribution is 5.87. The van der Waals surface area contributed by atoms with E-state index >= 15 is 0 Å². The van der Waals surface area contributed by atoms with Crippen LogP contribution in [0.15, 0.2) is 12.7 Å². The molecule has 2 rings (SSSR count). The average Bonchev–Trinajstić information content (AvgIpc) is 2.60. The first kappa shape index (κ1) is 17.3. The molecule has 0 saturated carbocycles. The van der Waals surface area contributed by atoms with E-state index in [1.807, 2.05) is 0 Å². The molecule has 1 unspecified atom stereocenters. The van der Waals surface area contributed by atoms with Crippen LogP contribution in [0.25, 0.3) is 0 Å². The molecule has 0 aromatic carbocycles. The Bertz CT molecular complexity index is 472. The van der Waals surface area contributed by atoms with Crippen molar-refractivity contribution in [1.29, 1.82) is 0 Å². The molecular weight excluding hydrogens is 298 g/mol. The lowest BCUT2D eigenvalue weighted by molar-refractivity contribution is -0.132. The van der Waals surface area contributed by atoms with E-state index in [0.717, 1.165) is 12.8 Å². The summed E-state index contributed by atoms with van der Waals surface area (Å²) in [6.45, 7) is 5.81. The van der Waals surface area contributed by atoms with Crippen molar-refractivity contribution in [3.05, 3.63) is 12.7 Å². The number of carbonyl (C=O) groups is 3. The van der Waals surface area contributed by atoms with Gasteiger partial charge in [0, 0.05) is 38.1 Å². The molecule has 0 bridgehead atoms. The van der Waals surface area contributed by atoms with Gasteiger partial charge in [0.15, 0.2) is 0 Å². The molecule has 2 aliphatic rings. The van der Waals surface area contributed by atoms with Crippen molar-refractivity contribution in [2.24, 2.45) is 5.92 Å². The van der Waals surface area contributed by atoms with Gasteiger partial charge in [-0.2, -0.15) is 0 Å². The van der Waals surface area contributed by atoms with Gasteiger partial charge >= 0.3 is 6.09 Å². The van der Waals surface area contributed by atoms with Crippen LogP contribution in [0.2, 0.25) is 0 Å². The van der Waals surface area contributed by atoms with E-state index < -0.39 is 0 Å². The normalized spacial score (nSPS) is 22.4. The van der Waals surface area contributed by atoms with Crippen molar-refractivity contribution in [1.82, 2.24) is 15.1 Å². The van der Waals surface area contributed by atoms with Crippen molar-refractivity contribution in [3.8, 4) is 0 Å². The van der Waals surface area contributed by atoms with E-state index in [9.17, 15) is 14.4 Å². The van der Waals surface area contributed by atoms with Crippen LogP contribution < -0.4 is 5.32 Å². The van der Waals surface area contributed by atoms with Crippen LogP contribution >= 0.6 is 0 Å². The van der Waals surface area contributed by atoms with Crippen molar-refractivity contribution in [2.75, 3.05) is 33.3 Å². The predicted octanol–water partition coefficient (Wildman–Crippen LogP) is 0.758. The second kappa shape index (κ2) is 7.99. The standard InChI is InChI=1S/C16H25N3O4/c1-3-14(20)18-9-6-12(7-10-18)15(21)17-13-5-4-8-19(11-13)16(22)23-2/h3,12-13H,1,4-11H2,2H3,(H,17,21). The number of piperidine rings is 2. The highest BCUT2D eigenvalue weighted by Gasteiger charge is 2.30. The lowest BCUT2D eigenvalue weighted by atomic mass is 9.95. The Hall–Kier alpha value is -2.05. The fraction of sp³-hybridized carbons (Fsp3) is 0.688. The molecule has 0 aromatic rings. The van der Waals surface area contributed by atoms with E-state index in [1.54, 1.807) is 9.80 Å². The van der Waals surface area contributed by atoms with Crippen LogP contribution in [0, 0.1) is 5.92 Å². The van der Waals surface area contributed by atoms with Crippen LogP contribution in [0.5, 0.6) is 0 Å². The van der Waals surface area contributed by atoms with E-state index in [0.29, 0.717) is 39.0 Å². The Morgan fingerprint density at radius 2 is 1.83 bits per heavy atom. The highest BCUT2D eigenvalue weighted by atomic mass is 16.5. The zero-order chi connectivity index (χ0) is 16.8. The smallest absolute Gasteiger partial charge is 0.409 e. The SMILES string of the molecule is C=CC(=O)N1CCC(C(=O)NC2CCCN(C(=O)OC)C2)CC1. The molecule has 2 aliphatic heterocycles. The van der Waals surface area contributed by atoms with Crippen molar-refractivity contribution in [3.63, 3.8) is 0 Å². The number of methoxy groups -OCH3 is 1. The first-order valence-corrected chi connectivity index (χ1v) is 8.09. The Morgan fingerprint density at radius 3 is 2.43 bits per heavy atom. The first-order valence-electron chi connectivity index (χ1n) is 8.09. The van der Waals surface area contributed by atoms with E-state index in [2.05, 4.69) is 11.9 Å². The number of likely N-dealkylation sites (tertiary alicyclic amines) is 2. The second-order valence-corrected chi connectivity index (χ2v) is 6.07. The van der Waals surface area contributed by atoms with Crippen molar-refractivity contribution >= 4 is 17.9 Å². The molecule has 0 aromatic heterocycles. The van der Waals surface area contributed by atoms with Gasteiger partial charge in [0.25, 0.3) is 0 Å². The fourth-order valence-electron chi connectivity index (χ4n) is 3.20. The fourth-order valence-corrected chi connectivity index (χ4v) is 3.20. The highest BCUT2D eigenvalue weighted by Crippen LogP contribution is 2.19. The molecule has 2 fully saturated rings. The monoisotopic (exact) mass is 323 g/mol. The molecule has 3 amide bonds. The van der Waals surface area contributed by atoms with Gasteiger partial charge in [-0.05, 0) is 31.8 Å². The van der Waals surface area contributed by atoms with Crippen LogP contribution in [0.4, 0.5) is 4.79 Å². The number of carbonyl (C=O) groups excluding carboxylic acids is 3. The summed E-state index contributed by atoms with van der Waals surface area (Å²) in [4.78, 5) is 38.9. The third-order valence-corrected chi connectivity index (χ3v) is 4.55. The van der Waals surface area contributed by atoms with Gasteiger partial charge in [-0.3, -0.25) is 9.59 Å². The quantitative estimate of drug-likeness (QED) is 0.778. The summed E-state index contributed by atoms with van der Waals surface area (Å²) in [6.07, 6.45) is 4.01. The maximum Gasteiger partial charge on any atom is 0.409 e. The number of nitrogens with one attached hydrogen (secondary N) is 1. The first-order chi connectivity index (χ1) is 11.0. The summed E-state index contributed by atoms with van der Waals surface area (Å²) in [5.74, 6) is -0.130. The minimum absolute atomic E-state index is 0.0208. The number of amides is 3. The summed E-state index contributed by atoms with van der Waals surface area (Å²) < 4.78 is 4.73. The van der Waals surface area contributed by atoms with E-state index in [1.165, 1.54) is 13.2 Å². The molecule has 1 atom stereocenters. The molecule has 2 heterocycles. The van der Waals surface area contributed by atoms with Gasteiger partial charge < -0.3 is 19.9 Å². The predicted molar refractivity (Wildman–Crippen MR) is 84.6 cm³/mol. The molecule has 0 radical (unpaired) electrons. The van der Waals surface area contributed by atoms with Gasteiger partial charge in [0.2, 0.25) is 11.8 Å². The topological polar surface area (TPSA) is 79.0 Å². The van der Waals surface area contributed by atoms with Gasteiger partial charge in [-0.15, -0.1) is 0 Å². The molecular formula is C16H25N3O4. The molecule has 0 spiro atoms. The minimum atomic E-state index is -0.347. The Kier molecular flexibility index (Phi) is 6.01. The second-order valence-electron chi connectivity index (χ2n) is 6.07. The molecule has 7 nitrogen and oxygen atoms in total. The van der Waals surface area contributed by atoms with E-state index in [-0.39, 0.29) is 29.9 Å². The Morgan fingerprint density at radius 1 is 1.13 bits per heavy atom. The van der Waals surface area contributed by atoms with Gasteiger partial charge in [0.1, 0.15) is 0 Å². The number of hydrogen-bond donors (Lipinski definition) is 1. The summed E-state index contributed by atoms with van der Waals surface area (Å²) in [6, 6.07) is -0.0248. The lowest BCUT2D eigenvalue weighted by Crippen LogP contribution is -2.51. The number of rotatable bonds is 3. The Labute approximate surface area is 136 Å². The number of ether oxygens (including phenoxy) is 1. The number of nitrogens with zero attached hydrogens (tertiary/aromatic N) is 2. The van der Waals surface area contributed by atoms with E-state index in [4.69, 9.17) is 4.74 Å². The largest absolute Gasteiger partial charge is 0.453 e. The average molecular weight is 323 g/mol. The summed E-state index contributed by atoms with van der Waals surface area (Å²) in [7, 11) is 1.36. The van der Waals surface area contributed by atoms with Gasteiger partial charge in [-0.1, -0.05) is 6.58 Å². The van der Waals surface area contributed by atoms with Gasteiger partial charge in [0.05, 0.1) is 7.11 Å². The molecule has 23 heavy (non-hydrogen) atoms. The summed E-state index contributed by atoms with van der Waals surface area (Å²) in [5, 5.41) is 3.04. The van der Waals surface area contributed by atoms with Crippen LogP contribution in [-0.4, -0.2) is 67.0 Å². The third kappa shape index (κ3) is 4.46. The number of hydrogen-bond acceptors (Lipinski definition) is 4. The van der Waals surface area contributed by atoms with Crippen LogP contribution in [0.3, 0.4) is 0 Å². The van der Waals surface area contributed by atoms with Crippen molar-refractivity contribution in [2.45, 2.75) is 31.7 Å². The minimum Gasteiger partial charge on any atom is -0.453 e. The van der Waals surface area contributed by atoms with Crippen LogP contribution in [0.1, 0.15) is 25.7 Å². The van der Waals surface area contributed by atoms with Gasteiger partial charge in [-0.25, -0.2) is 4.79 Å². The molecule has 128 valence electrons. The maximum atomic E-state index is 12.4.